The van der Waals surface area contributed by atoms with Gasteiger partial charge < -0.3 is 0 Å². The summed E-state index contributed by atoms with van der Waals surface area (Å²) in [6.07, 6.45) is 0. The van der Waals surface area contributed by atoms with Crippen molar-refractivity contribution in [3.8, 4) is 9.75 Å². The zero-order valence-corrected chi connectivity index (χ0v) is 14.1. The molecule has 0 atom stereocenters. The Hall–Kier alpha value is 0.0969. The van der Waals surface area contributed by atoms with Crippen LogP contribution in [-0.2, 0) is 0 Å². The molecular formula is C12H15BrS2Si. The minimum Gasteiger partial charge on any atom is -0.143 e. The summed E-state index contributed by atoms with van der Waals surface area (Å²) in [5, 5.41) is 0. The molecule has 0 nitrogen and oxygen atoms in total. The van der Waals surface area contributed by atoms with E-state index >= 15 is 0 Å². The number of hydrogen-bond acceptors (Lipinski definition) is 2. The molecule has 0 bridgehead atoms. The van der Waals surface area contributed by atoms with Crippen LogP contribution in [0.3, 0.4) is 0 Å². The van der Waals surface area contributed by atoms with Crippen LogP contribution in [0.1, 0.15) is 4.88 Å². The van der Waals surface area contributed by atoms with Crippen molar-refractivity contribution in [2.45, 2.75) is 26.6 Å². The van der Waals surface area contributed by atoms with E-state index in [1.54, 1.807) is 4.50 Å². The molecule has 0 aromatic carbocycles. The summed E-state index contributed by atoms with van der Waals surface area (Å²) >= 11 is 7.53. The fourth-order valence-electron chi connectivity index (χ4n) is 1.46. The summed E-state index contributed by atoms with van der Waals surface area (Å²) in [6, 6.07) is 6.74. The number of rotatable bonds is 2. The Morgan fingerprint density at radius 1 is 1.12 bits per heavy atom. The maximum absolute atomic E-state index is 3.69. The standard InChI is InChI=1S/C12H15BrS2Si/c1-8-5-6-10(14-8)12-9(13)7-11(15-12)16(2,3)4/h5-7H,1-4H3. The molecule has 2 aromatic rings. The summed E-state index contributed by atoms with van der Waals surface area (Å²) in [4.78, 5) is 4.17. The Bertz CT molecular complexity index is 505. The van der Waals surface area contributed by atoms with Gasteiger partial charge in [0.2, 0.25) is 0 Å². The molecule has 2 heterocycles. The quantitative estimate of drug-likeness (QED) is 0.672. The lowest BCUT2D eigenvalue weighted by atomic mass is 10.4. The molecule has 16 heavy (non-hydrogen) atoms. The normalized spacial score (nSPS) is 12.1. The van der Waals surface area contributed by atoms with Crippen molar-refractivity contribution >= 4 is 51.2 Å². The van der Waals surface area contributed by atoms with Crippen molar-refractivity contribution in [3.05, 3.63) is 27.5 Å². The number of halogens is 1. The van der Waals surface area contributed by atoms with Gasteiger partial charge in [-0.15, -0.1) is 22.7 Å². The highest BCUT2D eigenvalue weighted by molar-refractivity contribution is 9.10. The Morgan fingerprint density at radius 3 is 2.25 bits per heavy atom. The van der Waals surface area contributed by atoms with E-state index < -0.39 is 8.07 Å². The molecule has 0 aliphatic carbocycles. The zero-order chi connectivity index (χ0) is 11.9. The SMILES string of the molecule is Cc1ccc(-c2sc([Si](C)(C)C)cc2Br)s1. The lowest BCUT2D eigenvalue weighted by Gasteiger charge is -2.12. The molecule has 0 spiro atoms. The molecule has 4 heteroatoms. The van der Waals surface area contributed by atoms with Gasteiger partial charge in [0, 0.05) is 14.2 Å². The largest absolute Gasteiger partial charge is 0.143 e. The van der Waals surface area contributed by atoms with Gasteiger partial charge in [0.15, 0.2) is 0 Å². The molecule has 86 valence electrons. The summed E-state index contributed by atoms with van der Waals surface area (Å²) in [5.41, 5.74) is 0. The van der Waals surface area contributed by atoms with Crippen LogP contribution < -0.4 is 4.50 Å². The highest BCUT2D eigenvalue weighted by Crippen LogP contribution is 2.37. The van der Waals surface area contributed by atoms with Gasteiger partial charge in [-0.25, -0.2) is 0 Å². The smallest absolute Gasteiger partial charge is 0.0904 e. The minimum absolute atomic E-state index is 1.18. The Kier molecular flexibility index (Phi) is 3.46. The van der Waals surface area contributed by atoms with Crippen molar-refractivity contribution in [3.63, 3.8) is 0 Å². The molecule has 2 aromatic heterocycles. The molecule has 0 aliphatic rings. The molecule has 0 unspecified atom stereocenters. The highest BCUT2D eigenvalue weighted by atomic mass is 79.9. The van der Waals surface area contributed by atoms with E-state index in [2.05, 4.69) is 60.7 Å². The first-order valence-corrected chi connectivity index (χ1v) is 11.2. The third-order valence-electron chi connectivity index (χ3n) is 2.39. The van der Waals surface area contributed by atoms with Gasteiger partial charge in [0.05, 0.1) is 13.0 Å². The van der Waals surface area contributed by atoms with Crippen LogP contribution in [0.25, 0.3) is 9.75 Å². The highest BCUT2D eigenvalue weighted by Gasteiger charge is 2.21. The fraction of sp³-hybridized carbons (Fsp3) is 0.333. The lowest BCUT2D eigenvalue weighted by Crippen LogP contribution is -2.34. The van der Waals surface area contributed by atoms with E-state index in [1.807, 2.05) is 22.7 Å². The second-order valence-electron chi connectivity index (χ2n) is 4.95. The lowest BCUT2D eigenvalue weighted by molar-refractivity contribution is 1.64. The Labute approximate surface area is 114 Å². The van der Waals surface area contributed by atoms with Crippen molar-refractivity contribution in [1.29, 1.82) is 0 Å². The second-order valence-corrected chi connectivity index (χ2v) is 13.5. The molecule has 0 aliphatic heterocycles. The summed E-state index contributed by atoms with van der Waals surface area (Å²) in [7, 11) is -1.18. The second kappa shape index (κ2) is 4.41. The fourth-order valence-corrected chi connectivity index (χ4v) is 6.54. The average Bonchev–Trinajstić information content (AvgIpc) is 2.70. The van der Waals surface area contributed by atoms with Crippen LogP contribution in [0.5, 0.6) is 0 Å². The Morgan fingerprint density at radius 2 is 1.81 bits per heavy atom. The molecule has 0 N–H and O–H groups in total. The predicted molar refractivity (Wildman–Crippen MR) is 83.0 cm³/mol. The van der Waals surface area contributed by atoms with Crippen molar-refractivity contribution < 1.29 is 0 Å². The maximum Gasteiger partial charge on any atom is 0.0904 e. The summed E-state index contributed by atoms with van der Waals surface area (Å²) < 4.78 is 2.83. The van der Waals surface area contributed by atoms with E-state index in [1.165, 1.54) is 19.1 Å². The first-order chi connectivity index (χ1) is 7.38. The van der Waals surface area contributed by atoms with Gasteiger partial charge >= 0.3 is 0 Å². The number of thiophene rings is 2. The van der Waals surface area contributed by atoms with Gasteiger partial charge in [0.25, 0.3) is 0 Å². The van der Waals surface area contributed by atoms with Gasteiger partial charge in [-0.2, -0.15) is 0 Å². The molecule has 0 saturated heterocycles. The monoisotopic (exact) mass is 330 g/mol. The van der Waals surface area contributed by atoms with Crippen LogP contribution in [0.15, 0.2) is 22.7 Å². The van der Waals surface area contributed by atoms with Crippen LogP contribution in [-0.4, -0.2) is 8.07 Å². The zero-order valence-electron chi connectivity index (χ0n) is 9.93. The topological polar surface area (TPSA) is 0 Å². The Balaban J connectivity index is 2.47. The molecule has 0 fully saturated rings. The molecule has 2 rings (SSSR count). The molecule has 0 radical (unpaired) electrons. The predicted octanol–water partition coefficient (Wildman–Crippen LogP) is 5.09. The van der Waals surface area contributed by atoms with E-state index in [0.717, 1.165) is 0 Å². The maximum atomic E-state index is 3.69. The van der Waals surface area contributed by atoms with E-state index in [-0.39, 0.29) is 0 Å². The molecule has 0 amide bonds. The minimum atomic E-state index is -1.18. The molecular weight excluding hydrogens is 316 g/mol. The van der Waals surface area contributed by atoms with Crippen LogP contribution in [0.2, 0.25) is 19.6 Å². The summed E-state index contributed by atoms with van der Waals surface area (Å²) in [6.45, 7) is 9.35. The van der Waals surface area contributed by atoms with E-state index in [4.69, 9.17) is 0 Å². The van der Waals surface area contributed by atoms with Crippen LogP contribution in [0, 0.1) is 6.92 Å². The van der Waals surface area contributed by atoms with Gasteiger partial charge in [-0.1, -0.05) is 19.6 Å². The average molecular weight is 331 g/mol. The van der Waals surface area contributed by atoms with Crippen molar-refractivity contribution in [2.75, 3.05) is 0 Å². The third kappa shape index (κ3) is 2.50. The van der Waals surface area contributed by atoms with Gasteiger partial charge in [-0.3, -0.25) is 0 Å². The van der Waals surface area contributed by atoms with E-state index in [0.29, 0.717) is 0 Å². The van der Waals surface area contributed by atoms with Crippen LogP contribution in [0.4, 0.5) is 0 Å². The van der Waals surface area contributed by atoms with E-state index in [9.17, 15) is 0 Å². The first kappa shape index (κ1) is 12.6. The molecule has 0 saturated carbocycles. The van der Waals surface area contributed by atoms with Crippen molar-refractivity contribution in [2.24, 2.45) is 0 Å². The van der Waals surface area contributed by atoms with Crippen LogP contribution >= 0.6 is 38.6 Å². The van der Waals surface area contributed by atoms with Gasteiger partial charge in [-0.05, 0) is 45.6 Å². The summed E-state index contributed by atoms with van der Waals surface area (Å²) in [5.74, 6) is 0. The third-order valence-corrected chi connectivity index (χ3v) is 9.17. The number of aryl methyl sites for hydroxylation is 1. The first-order valence-electron chi connectivity index (χ1n) is 5.24. The van der Waals surface area contributed by atoms with Gasteiger partial charge in [0.1, 0.15) is 0 Å². The number of hydrogen-bond donors (Lipinski definition) is 0. The van der Waals surface area contributed by atoms with Crippen molar-refractivity contribution in [1.82, 2.24) is 0 Å².